The van der Waals surface area contributed by atoms with Gasteiger partial charge in [0.25, 0.3) is 5.56 Å². The van der Waals surface area contributed by atoms with Crippen LogP contribution < -0.4 is 5.56 Å². The molecule has 0 fully saturated rings. The Morgan fingerprint density at radius 2 is 1.48 bits per heavy atom. The molecule has 0 aliphatic heterocycles. The smallest absolute Gasteiger partial charge is 0.296 e. The van der Waals surface area contributed by atoms with E-state index in [2.05, 4.69) is 4.98 Å². The highest BCUT2D eigenvalue weighted by Crippen LogP contribution is 2.34. The topological polar surface area (TPSA) is 75.3 Å². The van der Waals surface area contributed by atoms with E-state index >= 15 is 0 Å². The molecule has 0 atom stereocenters. The van der Waals surface area contributed by atoms with E-state index < -0.39 is 5.56 Å². The molecule has 0 bridgehead atoms. The molecule has 5 nitrogen and oxygen atoms in total. The number of aromatic nitrogens is 2. The lowest BCUT2D eigenvalue weighted by molar-refractivity contribution is 0.186. The maximum absolute atomic E-state index is 12.6. The van der Waals surface area contributed by atoms with E-state index in [1.807, 2.05) is 48.5 Å². The fraction of sp³-hybridized carbons (Fsp3) is 0. The fourth-order valence-electron chi connectivity index (χ4n) is 3.63. The maximum atomic E-state index is 12.6. The van der Waals surface area contributed by atoms with Gasteiger partial charge >= 0.3 is 0 Å². The van der Waals surface area contributed by atoms with E-state index in [0.717, 1.165) is 21.9 Å². The van der Waals surface area contributed by atoms with Crippen LogP contribution in [0.4, 0.5) is 0 Å². The van der Waals surface area contributed by atoms with Gasteiger partial charge in [0.15, 0.2) is 5.65 Å². The van der Waals surface area contributed by atoms with Gasteiger partial charge in [-0.15, -0.1) is 4.73 Å². The average Bonchev–Trinajstić information content (AvgIpc) is 2.78. The van der Waals surface area contributed by atoms with Crippen molar-refractivity contribution in [3.05, 3.63) is 95.4 Å². The van der Waals surface area contributed by atoms with Crippen LogP contribution in [0, 0.1) is 0 Å². The van der Waals surface area contributed by atoms with Crippen LogP contribution >= 0.6 is 0 Å². The van der Waals surface area contributed by atoms with E-state index in [0.29, 0.717) is 15.7 Å². The SMILES string of the molecule is O=c1c(-c2ccccc2)c(O)c2cc(-c3ccc4ccccc4c3)cnc2n1O. The van der Waals surface area contributed by atoms with E-state index in [1.165, 1.54) is 0 Å². The minimum Gasteiger partial charge on any atom is -0.506 e. The number of aromatic hydroxyl groups is 1. The van der Waals surface area contributed by atoms with E-state index in [-0.39, 0.29) is 17.0 Å². The Kier molecular flexibility index (Phi) is 3.81. The standard InChI is InChI=1S/C24H16N2O3/c27-22-20-13-19(18-11-10-15-6-4-5-9-17(15)12-18)14-25-23(20)26(29)24(28)21(22)16-7-2-1-3-8-16/h1-14,27,29H. The first-order valence-electron chi connectivity index (χ1n) is 9.15. The van der Waals surface area contributed by atoms with Gasteiger partial charge in [0, 0.05) is 11.8 Å². The number of hydrogen-bond acceptors (Lipinski definition) is 4. The van der Waals surface area contributed by atoms with Crippen LogP contribution in [0.3, 0.4) is 0 Å². The van der Waals surface area contributed by atoms with Crippen molar-refractivity contribution in [1.82, 2.24) is 9.71 Å². The third-order valence-corrected chi connectivity index (χ3v) is 5.11. The van der Waals surface area contributed by atoms with E-state index in [9.17, 15) is 15.1 Å². The second-order valence-corrected chi connectivity index (χ2v) is 6.86. The van der Waals surface area contributed by atoms with Gasteiger partial charge in [-0.2, -0.15) is 0 Å². The van der Waals surface area contributed by atoms with Crippen molar-refractivity contribution < 1.29 is 10.3 Å². The largest absolute Gasteiger partial charge is 0.506 e. The molecule has 0 radical (unpaired) electrons. The normalized spacial score (nSPS) is 11.2. The van der Waals surface area contributed by atoms with Crippen LogP contribution in [0.15, 0.2) is 89.9 Å². The molecular weight excluding hydrogens is 364 g/mol. The third-order valence-electron chi connectivity index (χ3n) is 5.11. The molecule has 140 valence electrons. The highest BCUT2D eigenvalue weighted by atomic mass is 16.5. The Balaban J connectivity index is 1.76. The lowest BCUT2D eigenvalue weighted by Gasteiger charge is -2.12. The predicted molar refractivity (Wildman–Crippen MR) is 113 cm³/mol. The Morgan fingerprint density at radius 3 is 2.28 bits per heavy atom. The number of pyridine rings is 2. The first-order chi connectivity index (χ1) is 14.1. The zero-order valence-electron chi connectivity index (χ0n) is 15.3. The molecule has 2 N–H and O–H groups in total. The van der Waals surface area contributed by atoms with Gasteiger partial charge in [-0.05, 0) is 34.0 Å². The Bertz CT molecular complexity index is 1440. The van der Waals surface area contributed by atoms with Crippen molar-refractivity contribution in [3.63, 3.8) is 0 Å². The van der Waals surface area contributed by atoms with Crippen molar-refractivity contribution in [2.45, 2.75) is 0 Å². The Morgan fingerprint density at radius 1 is 0.759 bits per heavy atom. The van der Waals surface area contributed by atoms with Crippen molar-refractivity contribution in [3.8, 4) is 28.0 Å². The summed E-state index contributed by atoms with van der Waals surface area (Å²) in [5, 5.41) is 23.8. The summed E-state index contributed by atoms with van der Waals surface area (Å²) in [5.74, 6) is -0.198. The van der Waals surface area contributed by atoms with Crippen LogP contribution in [-0.2, 0) is 0 Å². The molecule has 5 aromatic rings. The Labute approximate surface area is 165 Å². The average molecular weight is 380 g/mol. The van der Waals surface area contributed by atoms with Crippen LogP contribution in [0.1, 0.15) is 0 Å². The van der Waals surface area contributed by atoms with Gasteiger partial charge in [-0.25, -0.2) is 4.98 Å². The molecular formula is C24H16N2O3. The van der Waals surface area contributed by atoms with E-state index in [1.54, 1.807) is 36.5 Å². The number of fused-ring (bicyclic) bond motifs is 2. The number of benzene rings is 3. The summed E-state index contributed by atoms with van der Waals surface area (Å²) in [5.41, 5.74) is 1.56. The predicted octanol–water partition coefficient (Wildman–Crippen LogP) is 4.83. The van der Waals surface area contributed by atoms with Gasteiger partial charge in [0.05, 0.1) is 10.9 Å². The molecule has 2 aromatic heterocycles. The van der Waals surface area contributed by atoms with Gasteiger partial charge in [0.1, 0.15) is 5.75 Å². The first-order valence-corrected chi connectivity index (χ1v) is 9.15. The molecule has 29 heavy (non-hydrogen) atoms. The van der Waals surface area contributed by atoms with Crippen LogP contribution in [0.25, 0.3) is 44.1 Å². The zero-order valence-corrected chi connectivity index (χ0v) is 15.3. The summed E-state index contributed by atoms with van der Waals surface area (Å²) in [6.45, 7) is 0. The van der Waals surface area contributed by atoms with Crippen molar-refractivity contribution in [2.75, 3.05) is 0 Å². The summed E-state index contributed by atoms with van der Waals surface area (Å²) >= 11 is 0. The first kappa shape index (κ1) is 17.0. The van der Waals surface area contributed by atoms with Crippen LogP contribution in [0.2, 0.25) is 0 Å². The number of rotatable bonds is 2. The van der Waals surface area contributed by atoms with Crippen molar-refractivity contribution in [2.24, 2.45) is 0 Å². The minimum absolute atomic E-state index is 0.0109. The third kappa shape index (κ3) is 2.72. The van der Waals surface area contributed by atoms with Gasteiger partial charge in [-0.3, -0.25) is 4.79 Å². The highest BCUT2D eigenvalue weighted by molar-refractivity contribution is 5.94. The molecule has 0 aliphatic rings. The van der Waals surface area contributed by atoms with E-state index in [4.69, 9.17) is 0 Å². The lowest BCUT2D eigenvalue weighted by atomic mass is 10.00. The summed E-state index contributed by atoms with van der Waals surface area (Å²) < 4.78 is 0.488. The zero-order chi connectivity index (χ0) is 20.0. The fourth-order valence-corrected chi connectivity index (χ4v) is 3.63. The van der Waals surface area contributed by atoms with Gasteiger partial charge < -0.3 is 10.3 Å². The summed E-state index contributed by atoms with van der Waals surface area (Å²) in [6.07, 6.45) is 1.58. The molecule has 5 heteroatoms. The number of nitrogens with zero attached hydrogens (tertiary/aromatic N) is 2. The van der Waals surface area contributed by atoms with Crippen LogP contribution in [-0.4, -0.2) is 20.0 Å². The van der Waals surface area contributed by atoms with Crippen LogP contribution in [0.5, 0.6) is 5.75 Å². The second kappa shape index (κ2) is 6.49. The molecule has 0 unspecified atom stereocenters. The molecule has 3 aromatic carbocycles. The highest BCUT2D eigenvalue weighted by Gasteiger charge is 2.19. The molecule has 2 heterocycles. The lowest BCUT2D eigenvalue weighted by Crippen LogP contribution is -2.21. The van der Waals surface area contributed by atoms with Gasteiger partial charge in [0.2, 0.25) is 0 Å². The molecule has 0 spiro atoms. The molecule has 0 saturated heterocycles. The molecule has 0 saturated carbocycles. The monoisotopic (exact) mass is 380 g/mol. The molecule has 5 rings (SSSR count). The quantitative estimate of drug-likeness (QED) is 0.430. The maximum Gasteiger partial charge on any atom is 0.296 e. The summed E-state index contributed by atoms with van der Waals surface area (Å²) in [4.78, 5) is 16.9. The number of hydrogen-bond donors (Lipinski definition) is 2. The van der Waals surface area contributed by atoms with Crippen molar-refractivity contribution >= 4 is 21.8 Å². The minimum atomic E-state index is -0.716. The molecule has 0 aliphatic carbocycles. The second-order valence-electron chi connectivity index (χ2n) is 6.86. The van der Waals surface area contributed by atoms with Gasteiger partial charge in [-0.1, -0.05) is 66.7 Å². The Hall–Kier alpha value is -4.12. The summed E-state index contributed by atoms with van der Waals surface area (Å²) in [6, 6.07) is 24.6. The molecule has 0 amide bonds. The van der Waals surface area contributed by atoms with Crippen molar-refractivity contribution in [1.29, 1.82) is 0 Å². The summed E-state index contributed by atoms with van der Waals surface area (Å²) in [7, 11) is 0.